The molecule has 0 fully saturated rings. The molecule has 0 rings (SSSR count). The Labute approximate surface area is 114 Å². The van der Waals surface area contributed by atoms with Crippen molar-refractivity contribution in [1.82, 2.24) is 0 Å². The summed E-state index contributed by atoms with van der Waals surface area (Å²) < 4.78 is 0. The summed E-state index contributed by atoms with van der Waals surface area (Å²) in [6.45, 7) is -2.35. The van der Waals surface area contributed by atoms with Crippen molar-refractivity contribution in [3.63, 3.8) is 0 Å². The van der Waals surface area contributed by atoms with Gasteiger partial charge in [0.05, 0.1) is 0 Å². The average Bonchev–Trinajstić information content (AvgIpc) is 1.79. The molecule has 0 N–H and O–H groups in total. The third-order valence-corrected chi connectivity index (χ3v) is 15.5. The molecule has 0 saturated heterocycles. The van der Waals surface area contributed by atoms with Gasteiger partial charge in [0, 0.05) is 0 Å². The highest BCUT2D eigenvalue weighted by Crippen LogP contribution is 2.36. The second-order valence-corrected chi connectivity index (χ2v) is 25.2. The smallest absolute Gasteiger partial charge is 0.151 e. The van der Waals surface area contributed by atoms with Crippen LogP contribution in [-0.2, 0) is 0 Å². The first kappa shape index (κ1) is 15.7. The standard InChI is InChI=1S/C3H7Cl7Si3/c4-11(5)3-12(6,7)1-2-13(8,9)10/h11H,1-3H2. The van der Waals surface area contributed by atoms with Gasteiger partial charge in [-0.25, -0.2) is 0 Å². The van der Waals surface area contributed by atoms with Crippen molar-refractivity contribution in [2.24, 2.45) is 0 Å². The first-order chi connectivity index (χ1) is 5.62. The van der Waals surface area contributed by atoms with E-state index in [4.69, 9.17) is 77.6 Å². The van der Waals surface area contributed by atoms with Crippen LogP contribution in [0.4, 0.5) is 0 Å². The number of rotatable bonds is 5. The third-order valence-electron chi connectivity index (χ3n) is 1.23. The van der Waals surface area contributed by atoms with Gasteiger partial charge in [0.15, 0.2) is 0 Å². The molecule has 0 amide bonds. The zero-order valence-electron chi connectivity index (χ0n) is 6.34. The second kappa shape index (κ2) is 6.42. The summed E-state index contributed by atoms with van der Waals surface area (Å²) in [5.41, 5.74) is 0.536. The molecule has 0 radical (unpaired) electrons. The van der Waals surface area contributed by atoms with Gasteiger partial charge in [0.25, 0.3) is 6.69 Å². The first-order valence-corrected chi connectivity index (χ1v) is 17.3. The fraction of sp³-hybridized carbons (Fsp3) is 1.00. The Balaban J connectivity index is 3.89. The molecule has 0 aromatic carbocycles. The molecule has 0 aliphatic rings. The Morgan fingerprint density at radius 1 is 0.846 bits per heavy atom. The number of hydrogen-bond donors (Lipinski definition) is 0. The van der Waals surface area contributed by atoms with Crippen LogP contribution in [0.5, 0.6) is 0 Å². The molecule has 0 aromatic rings. The summed E-state index contributed by atoms with van der Waals surface area (Å²) in [7, 11) is -1.75. The average molecular weight is 376 g/mol. The van der Waals surface area contributed by atoms with E-state index in [-0.39, 0.29) is 0 Å². The Morgan fingerprint density at radius 2 is 1.31 bits per heavy atom. The molecular formula is C3H7Cl7Si3. The van der Waals surface area contributed by atoms with Gasteiger partial charge in [-0.1, -0.05) is 0 Å². The van der Waals surface area contributed by atoms with Crippen LogP contribution in [0, 0.1) is 0 Å². The predicted octanol–water partition coefficient (Wildman–Crippen LogP) is 4.80. The van der Waals surface area contributed by atoms with Gasteiger partial charge in [-0.3, -0.25) is 0 Å². The maximum Gasteiger partial charge on any atom is 0.341 e. The fourth-order valence-corrected chi connectivity index (χ4v) is 20.5. The van der Waals surface area contributed by atoms with E-state index in [2.05, 4.69) is 0 Å². The van der Waals surface area contributed by atoms with Crippen LogP contribution in [0.15, 0.2) is 0 Å². The minimum absolute atomic E-state index is 0.478. The minimum atomic E-state index is -2.61. The van der Waals surface area contributed by atoms with Gasteiger partial charge >= 0.3 is 6.00 Å². The maximum absolute atomic E-state index is 6.05. The molecule has 0 atom stereocenters. The van der Waals surface area contributed by atoms with Crippen LogP contribution < -0.4 is 0 Å². The van der Waals surface area contributed by atoms with Crippen molar-refractivity contribution < 1.29 is 0 Å². The Morgan fingerprint density at radius 3 is 1.62 bits per heavy atom. The van der Waals surface area contributed by atoms with Crippen molar-refractivity contribution in [3.8, 4) is 0 Å². The van der Waals surface area contributed by atoms with E-state index in [1.807, 2.05) is 0 Å². The number of halogens is 7. The van der Waals surface area contributed by atoms with Gasteiger partial charge in [0.2, 0.25) is 7.42 Å². The highest BCUT2D eigenvalue weighted by molar-refractivity contribution is 7.65. The van der Waals surface area contributed by atoms with E-state index in [0.29, 0.717) is 17.8 Å². The van der Waals surface area contributed by atoms with Gasteiger partial charge in [-0.15, -0.1) is 55.4 Å². The molecule has 0 nitrogen and oxygen atoms in total. The second-order valence-electron chi connectivity index (χ2n) is 2.57. The SMILES string of the molecule is Cl[SiH](Cl)C[Si](Cl)(Cl)CC[Si](Cl)(Cl)Cl. The Kier molecular flexibility index (Phi) is 7.75. The monoisotopic (exact) mass is 372 g/mol. The quantitative estimate of drug-likeness (QED) is 0.478. The molecule has 0 heterocycles. The van der Waals surface area contributed by atoms with E-state index in [1.165, 1.54) is 0 Å². The Bertz CT molecular complexity index is 154. The fourth-order valence-electron chi connectivity index (χ4n) is 0.652. The van der Waals surface area contributed by atoms with E-state index in [1.54, 1.807) is 0 Å². The van der Waals surface area contributed by atoms with E-state index in [0.717, 1.165) is 0 Å². The van der Waals surface area contributed by atoms with Crippen LogP contribution in [0.1, 0.15) is 0 Å². The normalized spacial score (nSPS) is 13.8. The molecule has 10 heteroatoms. The lowest BCUT2D eigenvalue weighted by Crippen LogP contribution is -2.26. The molecule has 0 spiro atoms. The van der Waals surface area contributed by atoms with Crippen molar-refractivity contribution in [1.29, 1.82) is 0 Å². The predicted molar refractivity (Wildman–Crippen MR) is 74.0 cm³/mol. The molecule has 80 valence electrons. The molecule has 0 unspecified atom stereocenters. The zero-order valence-corrected chi connectivity index (χ0v) is 14.8. The van der Waals surface area contributed by atoms with E-state index in [9.17, 15) is 0 Å². The Hall–Kier alpha value is 2.68. The molecule has 0 aliphatic carbocycles. The van der Waals surface area contributed by atoms with E-state index >= 15 is 0 Å². The highest BCUT2D eigenvalue weighted by Gasteiger charge is 2.36. The molecule has 0 saturated carbocycles. The van der Waals surface area contributed by atoms with Gasteiger partial charge in [-0.2, -0.15) is 22.2 Å². The van der Waals surface area contributed by atoms with Gasteiger partial charge in [0.1, 0.15) is 0 Å². The highest BCUT2D eigenvalue weighted by atomic mass is 35.8. The summed E-state index contributed by atoms with van der Waals surface area (Å²) in [4.78, 5) is 0. The summed E-state index contributed by atoms with van der Waals surface area (Å²) in [6.07, 6.45) is 0. The molecule has 0 aliphatic heterocycles. The zero-order chi connectivity index (χ0) is 10.7. The topological polar surface area (TPSA) is 0 Å². The number of hydrogen-bond acceptors (Lipinski definition) is 0. The van der Waals surface area contributed by atoms with Crippen LogP contribution >= 0.6 is 77.6 Å². The third kappa shape index (κ3) is 11.0. The lowest BCUT2D eigenvalue weighted by molar-refractivity contribution is 1.39. The summed E-state index contributed by atoms with van der Waals surface area (Å²) in [5, 5.41) is 0. The van der Waals surface area contributed by atoms with Crippen LogP contribution in [0.25, 0.3) is 0 Å². The molecule has 13 heavy (non-hydrogen) atoms. The van der Waals surface area contributed by atoms with Crippen molar-refractivity contribution in [2.75, 3.05) is 0 Å². The van der Waals surface area contributed by atoms with Gasteiger partial charge < -0.3 is 0 Å². The lowest BCUT2D eigenvalue weighted by Gasteiger charge is -2.17. The maximum atomic E-state index is 6.05. The van der Waals surface area contributed by atoms with Crippen molar-refractivity contribution in [3.05, 3.63) is 0 Å². The van der Waals surface area contributed by atoms with Crippen molar-refractivity contribution >= 4 is 97.7 Å². The molecule has 0 aromatic heterocycles. The summed E-state index contributed by atoms with van der Waals surface area (Å²) in [6, 6.07) is -1.57. The summed E-state index contributed by atoms with van der Waals surface area (Å²) >= 11 is 40.6. The first-order valence-electron chi connectivity index (χ1n) is 3.35. The largest absolute Gasteiger partial charge is 0.341 e. The van der Waals surface area contributed by atoms with Crippen molar-refractivity contribution in [2.45, 2.75) is 17.8 Å². The van der Waals surface area contributed by atoms with Crippen LogP contribution in [0.2, 0.25) is 17.8 Å². The summed E-state index contributed by atoms with van der Waals surface area (Å²) in [5.74, 6) is 0. The lowest BCUT2D eigenvalue weighted by atomic mass is 11.0. The van der Waals surface area contributed by atoms with Crippen LogP contribution in [-0.4, -0.2) is 20.1 Å². The molecule has 0 bridgehead atoms. The van der Waals surface area contributed by atoms with E-state index < -0.39 is 20.1 Å². The minimum Gasteiger partial charge on any atom is -0.151 e. The van der Waals surface area contributed by atoms with Gasteiger partial charge in [-0.05, 0) is 17.8 Å². The molecular weight excluding hydrogens is 368 g/mol. The van der Waals surface area contributed by atoms with Crippen LogP contribution in [0.3, 0.4) is 0 Å².